The van der Waals surface area contributed by atoms with Gasteiger partial charge in [0.05, 0.1) is 3.57 Å². The monoisotopic (exact) mass is 478 g/mol. The largest absolute Gasteiger partial charge is 0.506 e. The van der Waals surface area contributed by atoms with Gasteiger partial charge < -0.3 is 10.1 Å². The number of nitriles is 1. The van der Waals surface area contributed by atoms with Gasteiger partial charge in [-0.25, -0.2) is 0 Å². The van der Waals surface area contributed by atoms with E-state index in [1.54, 1.807) is 19.1 Å². The number of benzene rings is 1. The van der Waals surface area contributed by atoms with Gasteiger partial charge in [-0.2, -0.15) is 5.26 Å². The molecule has 2 N–H and O–H groups in total. The van der Waals surface area contributed by atoms with Crippen molar-refractivity contribution in [2.45, 2.75) is 6.92 Å². The van der Waals surface area contributed by atoms with Gasteiger partial charge in [-0.1, -0.05) is 0 Å². The van der Waals surface area contributed by atoms with Gasteiger partial charge >= 0.3 is 0 Å². The maximum atomic E-state index is 11.8. The van der Waals surface area contributed by atoms with Gasteiger partial charge in [0.15, 0.2) is 0 Å². The Morgan fingerprint density at radius 3 is 2.58 bits per heavy atom. The molecule has 0 unspecified atom stereocenters. The van der Waals surface area contributed by atoms with E-state index in [-0.39, 0.29) is 11.3 Å². The number of aromatic hydroxyl groups is 1. The van der Waals surface area contributed by atoms with Crippen LogP contribution in [-0.4, -0.2) is 10.1 Å². The number of H-pyrrole nitrogens is 1. The molecule has 0 saturated heterocycles. The Hall–Kier alpha value is -1.08. The maximum absolute atomic E-state index is 11.8. The third-order valence-electron chi connectivity index (χ3n) is 2.60. The number of rotatable bonds is 1. The summed E-state index contributed by atoms with van der Waals surface area (Å²) in [5.74, 6) is 0.0857. The van der Waals surface area contributed by atoms with Crippen LogP contribution >= 0.6 is 45.2 Å². The van der Waals surface area contributed by atoms with Crippen LogP contribution in [0.25, 0.3) is 11.1 Å². The van der Waals surface area contributed by atoms with Crippen LogP contribution in [-0.2, 0) is 0 Å². The molecule has 0 amide bonds. The van der Waals surface area contributed by atoms with Crippen molar-refractivity contribution in [2.75, 3.05) is 0 Å². The second-order valence-corrected chi connectivity index (χ2v) is 6.37. The highest BCUT2D eigenvalue weighted by atomic mass is 127. The summed E-state index contributed by atoms with van der Waals surface area (Å²) in [6.07, 6.45) is 0. The van der Waals surface area contributed by atoms with E-state index in [1.807, 2.05) is 34.7 Å². The summed E-state index contributed by atoms with van der Waals surface area (Å²) in [6.45, 7) is 1.74. The number of nitrogens with one attached hydrogen (secondary N) is 1. The van der Waals surface area contributed by atoms with E-state index in [0.717, 1.165) is 3.57 Å². The summed E-state index contributed by atoms with van der Waals surface area (Å²) in [7, 11) is 0. The normalized spacial score (nSPS) is 10.2. The lowest BCUT2D eigenvalue weighted by atomic mass is 10.0. The van der Waals surface area contributed by atoms with E-state index in [1.165, 1.54) is 0 Å². The molecule has 0 aliphatic rings. The van der Waals surface area contributed by atoms with Gasteiger partial charge in [-0.05, 0) is 70.3 Å². The lowest BCUT2D eigenvalue weighted by Crippen LogP contribution is -2.12. The van der Waals surface area contributed by atoms with Crippen molar-refractivity contribution in [1.29, 1.82) is 5.26 Å². The number of aromatic nitrogens is 1. The van der Waals surface area contributed by atoms with E-state index in [2.05, 4.69) is 27.6 Å². The highest BCUT2D eigenvalue weighted by Crippen LogP contribution is 2.35. The zero-order valence-electron chi connectivity index (χ0n) is 9.79. The second-order valence-electron chi connectivity index (χ2n) is 3.97. The minimum absolute atomic E-state index is 0.0127. The number of halogens is 2. The van der Waals surface area contributed by atoms with Crippen LogP contribution in [0.1, 0.15) is 11.3 Å². The highest BCUT2D eigenvalue weighted by Gasteiger charge is 2.16. The average molecular weight is 478 g/mol. The molecule has 1 heterocycles. The van der Waals surface area contributed by atoms with Crippen LogP contribution in [0.15, 0.2) is 23.0 Å². The Balaban J connectivity index is 2.87. The Morgan fingerprint density at radius 2 is 1.95 bits per heavy atom. The number of nitrogens with zero attached hydrogens (tertiary/aromatic N) is 1. The minimum atomic E-state index is -0.439. The van der Waals surface area contributed by atoms with Gasteiger partial charge in [0.2, 0.25) is 0 Å². The van der Waals surface area contributed by atoms with Crippen molar-refractivity contribution in [3.8, 4) is 22.9 Å². The fourth-order valence-corrected chi connectivity index (χ4v) is 3.63. The van der Waals surface area contributed by atoms with Crippen molar-refractivity contribution in [3.05, 3.63) is 47.0 Å². The van der Waals surface area contributed by atoms with Crippen LogP contribution in [0.2, 0.25) is 0 Å². The first kappa shape index (κ1) is 14.3. The molecule has 2 aromatic rings. The molecule has 0 fully saturated rings. The molecule has 19 heavy (non-hydrogen) atoms. The van der Waals surface area contributed by atoms with Crippen LogP contribution in [0.5, 0.6) is 5.75 Å². The second kappa shape index (κ2) is 5.50. The molecule has 0 aliphatic heterocycles. The molecular formula is C13H8I2N2O2. The lowest BCUT2D eigenvalue weighted by molar-refractivity contribution is 0.473. The Kier molecular flexibility index (Phi) is 4.15. The Morgan fingerprint density at radius 1 is 1.26 bits per heavy atom. The first-order valence-corrected chi connectivity index (χ1v) is 7.42. The first-order chi connectivity index (χ1) is 8.93. The molecule has 0 radical (unpaired) electrons. The molecule has 0 atom stereocenters. The molecule has 1 aromatic heterocycles. The number of phenols is 1. The Labute approximate surface area is 136 Å². The van der Waals surface area contributed by atoms with Gasteiger partial charge in [-0.3, -0.25) is 4.79 Å². The highest BCUT2D eigenvalue weighted by molar-refractivity contribution is 14.1. The molecule has 0 spiro atoms. The average Bonchev–Trinajstić information content (AvgIpc) is 2.33. The molecule has 0 bridgehead atoms. The van der Waals surface area contributed by atoms with Crippen molar-refractivity contribution in [3.63, 3.8) is 0 Å². The quantitative estimate of drug-likeness (QED) is 0.619. The fraction of sp³-hybridized carbons (Fsp3) is 0.0769. The van der Waals surface area contributed by atoms with E-state index in [9.17, 15) is 9.90 Å². The number of phenolic OH excluding ortho intramolecular Hbond substituents is 1. The predicted molar refractivity (Wildman–Crippen MR) is 89.0 cm³/mol. The summed E-state index contributed by atoms with van der Waals surface area (Å²) in [5, 5.41) is 19.3. The molecule has 1 aromatic carbocycles. The van der Waals surface area contributed by atoms with E-state index >= 15 is 0 Å². The number of hydrogen-bond donors (Lipinski definition) is 2. The first-order valence-electron chi connectivity index (χ1n) is 5.26. The fourth-order valence-electron chi connectivity index (χ4n) is 1.78. The molecule has 4 nitrogen and oxygen atoms in total. The maximum Gasteiger partial charge on any atom is 0.266 e. The van der Waals surface area contributed by atoms with Crippen LogP contribution < -0.4 is 5.56 Å². The summed E-state index contributed by atoms with van der Waals surface area (Å²) in [4.78, 5) is 14.4. The van der Waals surface area contributed by atoms with E-state index in [0.29, 0.717) is 20.4 Å². The van der Waals surface area contributed by atoms with Crippen LogP contribution in [0, 0.1) is 25.4 Å². The van der Waals surface area contributed by atoms with Crippen molar-refractivity contribution in [2.24, 2.45) is 0 Å². The van der Waals surface area contributed by atoms with E-state index in [4.69, 9.17) is 5.26 Å². The summed E-state index contributed by atoms with van der Waals surface area (Å²) < 4.78 is 1.61. The SMILES string of the molecule is Cc1cc(-c2cc(I)cc(I)c2O)c(C#N)c(=O)[nH]1. The van der Waals surface area contributed by atoms with Crippen molar-refractivity contribution in [1.82, 2.24) is 4.98 Å². The van der Waals surface area contributed by atoms with Gasteiger partial charge in [0.25, 0.3) is 5.56 Å². The third kappa shape index (κ3) is 2.76. The summed E-state index contributed by atoms with van der Waals surface area (Å²) in [6, 6.07) is 7.17. The number of aromatic amines is 1. The molecule has 96 valence electrons. The lowest BCUT2D eigenvalue weighted by Gasteiger charge is -2.10. The smallest absolute Gasteiger partial charge is 0.266 e. The van der Waals surface area contributed by atoms with Gasteiger partial charge in [0.1, 0.15) is 17.4 Å². The molecule has 0 aliphatic carbocycles. The predicted octanol–water partition coefficient (Wildman–Crippen LogP) is 3.14. The summed E-state index contributed by atoms with van der Waals surface area (Å²) in [5.41, 5.74) is 1.18. The van der Waals surface area contributed by atoms with Crippen LogP contribution in [0.4, 0.5) is 0 Å². The summed E-state index contributed by atoms with van der Waals surface area (Å²) >= 11 is 4.15. The standard InChI is InChI=1S/C13H8I2N2O2/c1-6-2-8(10(5-16)13(19)17-6)9-3-7(14)4-11(15)12(9)18/h2-4,18H,1H3,(H,17,19). The molecule has 6 heteroatoms. The topological polar surface area (TPSA) is 76.9 Å². The molecule has 2 rings (SSSR count). The zero-order chi connectivity index (χ0) is 14.2. The van der Waals surface area contributed by atoms with Crippen LogP contribution in [0.3, 0.4) is 0 Å². The zero-order valence-corrected chi connectivity index (χ0v) is 14.1. The van der Waals surface area contributed by atoms with E-state index < -0.39 is 5.56 Å². The Bertz CT molecular complexity index is 760. The van der Waals surface area contributed by atoms with Crippen molar-refractivity contribution >= 4 is 45.2 Å². The van der Waals surface area contributed by atoms with Crippen molar-refractivity contribution < 1.29 is 5.11 Å². The minimum Gasteiger partial charge on any atom is -0.506 e. The third-order valence-corrected chi connectivity index (χ3v) is 4.04. The number of hydrogen-bond acceptors (Lipinski definition) is 3. The number of pyridine rings is 1. The van der Waals surface area contributed by atoms with Gasteiger partial charge in [-0.15, -0.1) is 0 Å². The molecular weight excluding hydrogens is 470 g/mol. The number of aryl methyl sites for hydroxylation is 1. The van der Waals surface area contributed by atoms with Gasteiger partial charge in [0, 0.05) is 20.4 Å². The molecule has 0 saturated carbocycles.